The summed E-state index contributed by atoms with van der Waals surface area (Å²) in [5.74, 6) is 0. The van der Waals surface area contributed by atoms with Crippen molar-refractivity contribution in [3.63, 3.8) is 0 Å². The van der Waals surface area contributed by atoms with Crippen LogP contribution in [0.5, 0.6) is 0 Å². The molecule has 0 fully saturated rings. The van der Waals surface area contributed by atoms with Gasteiger partial charge in [0, 0.05) is 0 Å². The van der Waals surface area contributed by atoms with E-state index in [-0.39, 0.29) is 0 Å². The molecule has 0 unspecified atom stereocenters. The SMILES string of the molecule is CC[O][Bi]. The second-order valence-electron chi connectivity index (χ2n) is 0.418. The van der Waals surface area contributed by atoms with Crippen LogP contribution < -0.4 is 0 Å². The Kier molecular flexibility index (Phi) is 4.65. The molecule has 0 heterocycles. The third-order valence-electron chi connectivity index (χ3n) is 0.129. The van der Waals surface area contributed by atoms with Crippen LogP contribution in [0.15, 0.2) is 0 Å². The first kappa shape index (κ1) is 4.84. The van der Waals surface area contributed by atoms with E-state index in [1.165, 1.54) is 0 Å². The normalized spacial score (nSPS) is 7.50. The molecular weight excluding hydrogens is 249 g/mol. The van der Waals surface area contributed by atoms with Gasteiger partial charge < -0.3 is 0 Å². The van der Waals surface area contributed by atoms with E-state index in [0.717, 1.165) is 31.8 Å². The molecule has 0 aromatic heterocycles. The van der Waals surface area contributed by atoms with Crippen LogP contribution in [0.2, 0.25) is 0 Å². The molecule has 0 amide bonds. The summed E-state index contributed by atoms with van der Waals surface area (Å²) in [6.07, 6.45) is 0. The molecule has 2 radical (unpaired) electrons. The topological polar surface area (TPSA) is 9.23 Å². The Bertz CT molecular complexity index is 8.00. The van der Waals surface area contributed by atoms with Gasteiger partial charge in [-0.25, -0.2) is 0 Å². The van der Waals surface area contributed by atoms with Gasteiger partial charge in [-0.05, 0) is 0 Å². The van der Waals surface area contributed by atoms with Gasteiger partial charge in [-0.15, -0.1) is 0 Å². The second-order valence-corrected chi connectivity index (χ2v) is 1.42. The molecule has 0 aromatic carbocycles. The van der Waals surface area contributed by atoms with Crippen molar-refractivity contribution in [1.82, 2.24) is 0 Å². The van der Waals surface area contributed by atoms with E-state index < -0.39 is 0 Å². The molecule has 0 aromatic rings. The molecule has 0 bridgehead atoms. The van der Waals surface area contributed by atoms with Crippen LogP contribution in [0.25, 0.3) is 0 Å². The fourth-order valence-electron chi connectivity index (χ4n) is 0. The molecule has 0 spiro atoms. The van der Waals surface area contributed by atoms with E-state index in [2.05, 4.69) is 2.81 Å². The van der Waals surface area contributed by atoms with Crippen molar-refractivity contribution >= 4 is 25.2 Å². The molecule has 0 aliphatic rings. The molecule has 0 saturated heterocycles. The fraction of sp³-hybridized carbons (Fsp3) is 1.00. The Balaban J connectivity index is 1.97. The number of hydrogen-bond donors (Lipinski definition) is 0. The predicted octanol–water partition coefficient (Wildman–Crippen LogP) is 0.106. The van der Waals surface area contributed by atoms with E-state index in [0.29, 0.717) is 0 Å². The molecule has 0 atom stereocenters. The van der Waals surface area contributed by atoms with E-state index in [4.69, 9.17) is 0 Å². The van der Waals surface area contributed by atoms with Gasteiger partial charge in [0.25, 0.3) is 0 Å². The van der Waals surface area contributed by atoms with Crippen LogP contribution >= 0.6 is 0 Å². The van der Waals surface area contributed by atoms with Crippen LogP contribution in [0, 0.1) is 0 Å². The standard InChI is InChI=1S/C2H5O.Bi/c1-2-3;/h2H2,1H3;/q-1;+1. The maximum atomic E-state index is 4.65. The molecule has 4 heavy (non-hydrogen) atoms. The monoisotopic (exact) mass is 254 g/mol. The third kappa shape index (κ3) is 2.84. The summed E-state index contributed by atoms with van der Waals surface area (Å²) in [5.41, 5.74) is 0. The summed E-state index contributed by atoms with van der Waals surface area (Å²) in [7, 11) is 0. The Morgan fingerprint density at radius 3 is 2.25 bits per heavy atom. The van der Waals surface area contributed by atoms with Crippen LogP contribution in [0.4, 0.5) is 0 Å². The average Bonchev–Trinajstić information content (AvgIpc) is 1.37. The van der Waals surface area contributed by atoms with Crippen LogP contribution in [-0.2, 0) is 2.81 Å². The zero-order valence-electron chi connectivity index (χ0n) is 2.56. The van der Waals surface area contributed by atoms with E-state index in [1.54, 1.807) is 0 Å². The molecule has 1 nitrogen and oxygen atoms in total. The minimum absolute atomic E-state index is 0.869. The van der Waals surface area contributed by atoms with Crippen LogP contribution in [-0.4, -0.2) is 31.8 Å². The molecular formula is C2H5BiO. The molecule has 0 N–H and O–H groups in total. The first-order chi connectivity index (χ1) is 1.91. The average molecular weight is 254 g/mol. The summed E-state index contributed by atoms with van der Waals surface area (Å²) in [5, 5.41) is 0. The summed E-state index contributed by atoms with van der Waals surface area (Å²) in [6.45, 7) is 2.85. The second kappa shape index (κ2) is 3.84. The summed E-state index contributed by atoms with van der Waals surface area (Å²) >= 11 is 1.05. The molecule has 0 rings (SSSR count). The Hall–Kier alpha value is 0.843. The zero-order valence-corrected chi connectivity index (χ0v) is 6.04. The first-order valence-electron chi connectivity index (χ1n) is 1.18. The van der Waals surface area contributed by atoms with Crippen molar-refractivity contribution in [2.75, 3.05) is 6.61 Å². The Morgan fingerprint density at radius 2 is 2.25 bits per heavy atom. The minimum atomic E-state index is 0.869. The van der Waals surface area contributed by atoms with Gasteiger partial charge in [0.2, 0.25) is 0 Å². The van der Waals surface area contributed by atoms with E-state index in [1.807, 2.05) is 6.92 Å². The van der Waals surface area contributed by atoms with Crippen LogP contribution in [0.3, 0.4) is 0 Å². The molecule has 24 valence electrons. The van der Waals surface area contributed by atoms with E-state index in [9.17, 15) is 0 Å². The van der Waals surface area contributed by atoms with Gasteiger partial charge in [0.1, 0.15) is 0 Å². The molecule has 0 aliphatic heterocycles. The molecule has 0 aliphatic carbocycles. The third-order valence-corrected chi connectivity index (χ3v) is 1.13. The van der Waals surface area contributed by atoms with Gasteiger partial charge in [-0.1, -0.05) is 0 Å². The predicted molar refractivity (Wildman–Crippen MR) is 17.4 cm³/mol. The van der Waals surface area contributed by atoms with Gasteiger partial charge in [-0.2, -0.15) is 0 Å². The van der Waals surface area contributed by atoms with Crippen molar-refractivity contribution in [2.24, 2.45) is 0 Å². The van der Waals surface area contributed by atoms with Crippen molar-refractivity contribution in [3.05, 3.63) is 0 Å². The summed E-state index contributed by atoms with van der Waals surface area (Å²) < 4.78 is 4.65. The Morgan fingerprint density at radius 1 is 2.00 bits per heavy atom. The summed E-state index contributed by atoms with van der Waals surface area (Å²) in [6, 6.07) is 0. The van der Waals surface area contributed by atoms with Gasteiger partial charge in [0.05, 0.1) is 0 Å². The van der Waals surface area contributed by atoms with Gasteiger partial charge in [-0.3, -0.25) is 0 Å². The van der Waals surface area contributed by atoms with Crippen LogP contribution in [0.1, 0.15) is 6.92 Å². The van der Waals surface area contributed by atoms with Crippen molar-refractivity contribution in [3.8, 4) is 0 Å². The zero-order chi connectivity index (χ0) is 3.41. The Labute approximate surface area is 41.8 Å². The summed E-state index contributed by atoms with van der Waals surface area (Å²) in [4.78, 5) is 0. The quantitative estimate of drug-likeness (QED) is 0.603. The molecule has 2 heteroatoms. The van der Waals surface area contributed by atoms with Crippen molar-refractivity contribution < 1.29 is 2.81 Å². The van der Waals surface area contributed by atoms with Crippen molar-refractivity contribution in [2.45, 2.75) is 6.92 Å². The van der Waals surface area contributed by atoms with E-state index >= 15 is 0 Å². The van der Waals surface area contributed by atoms with Gasteiger partial charge in [0.15, 0.2) is 0 Å². The maximum absolute atomic E-state index is 4.65. The molecule has 0 saturated carbocycles. The first-order valence-corrected chi connectivity index (χ1v) is 2.60. The van der Waals surface area contributed by atoms with Crippen molar-refractivity contribution in [1.29, 1.82) is 0 Å². The van der Waals surface area contributed by atoms with Gasteiger partial charge >= 0.3 is 41.5 Å². The number of rotatable bonds is 1. The fourth-order valence-corrected chi connectivity index (χ4v) is 0. The number of hydrogen-bond acceptors (Lipinski definition) is 1.